The minimum absolute atomic E-state index is 0.745. The van der Waals surface area contributed by atoms with Crippen LogP contribution in [0, 0.1) is 11.8 Å². The molecule has 0 heteroatoms. The SMILES string of the molecule is CC(C)C(C)C1=CC=C1. The van der Waals surface area contributed by atoms with Gasteiger partial charge < -0.3 is 0 Å². The van der Waals surface area contributed by atoms with E-state index in [9.17, 15) is 0 Å². The van der Waals surface area contributed by atoms with E-state index in [1.807, 2.05) is 0 Å². The maximum Gasteiger partial charge on any atom is -0.0167 e. The summed E-state index contributed by atoms with van der Waals surface area (Å²) in [5, 5.41) is 0. The fourth-order valence-electron chi connectivity index (χ4n) is 0.896. The van der Waals surface area contributed by atoms with Crippen LogP contribution in [0.4, 0.5) is 0 Å². The molecule has 0 aliphatic heterocycles. The Morgan fingerprint density at radius 3 is 1.89 bits per heavy atom. The third-order valence-electron chi connectivity index (χ3n) is 2.10. The van der Waals surface area contributed by atoms with Gasteiger partial charge in [-0.15, -0.1) is 0 Å². The van der Waals surface area contributed by atoms with Crippen LogP contribution >= 0.6 is 0 Å². The van der Waals surface area contributed by atoms with Gasteiger partial charge in [0, 0.05) is 0 Å². The predicted octanol–water partition coefficient (Wildman–Crippen LogP) is 2.77. The molecule has 0 aromatic carbocycles. The zero-order chi connectivity index (χ0) is 6.85. The molecule has 50 valence electrons. The van der Waals surface area contributed by atoms with Crippen LogP contribution in [0.15, 0.2) is 23.8 Å². The number of rotatable bonds is 2. The molecule has 0 aromatic heterocycles. The van der Waals surface area contributed by atoms with Crippen LogP contribution in [-0.4, -0.2) is 0 Å². The molecule has 9 heavy (non-hydrogen) atoms. The van der Waals surface area contributed by atoms with Gasteiger partial charge in [-0.1, -0.05) is 39.0 Å². The Labute approximate surface area is 57.3 Å². The van der Waals surface area contributed by atoms with Gasteiger partial charge in [0.05, 0.1) is 0 Å². The first kappa shape index (κ1) is 6.60. The molecule has 0 aromatic rings. The first-order valence-electron chi connectivity index (χ1n) is 3.60. The van der Waals surface area contributed by atoms with Crippen LogP contribution in [0.3, 0.4) is 0 Å². The Hall–Kier alpha value is -0.520. The van der Waals surface area contributed by atoms with E-state index in [4.69, 9.17) is 0 Å². The van der Waals surface area contributed by atoms with Crippen LogP contribution in [0.25, 0.3) is 0 Å². The van der Waals surface area contributed by atoms with Gasteiger partial charge in [0.2, 0.25) is 0 Å². The van der Waals surface area contributed by atoms with Crippen molar-refractivity contribution in [2.24, 2.45) is 11.8 Å². The molecule has 1 rings (SSSR count). The molecule has 1 aliphatic rings. The molecule has 1 aliphatic carbocycles. The molecule has 0 saturated carbocycles. The summed E-state index contributed by atoms with van der Waals surface area (Å²) in [6.45, 7) is 6.80. The van der Waals surface area contributed by atoms with Crippen molar-refractivity contribution in [1.29, 1.82) is 0 Å². The van der Waals surface area contributed by atoms with E-state index < -0.39 is 0 Å². The van der Waals surface area contributed by atoms with Crippen LogP contribution in [0.5, 0.6) is 0 Å². The molecule has 1 unspecified atom stereocenters. The topological polar surface area (TPSA) is 0 Å². The molecule has 0 heterocycles. The van der Waals surface area contributed by atoms with Crippen LogP contribution in [0.1, 0.15) is 20.8 Å². The lowest BCUT2D eigenvalue weighted by Gasteiger charge is -2.19. The fourth-order valence-corrected chi connectivity index (χ4v) is 0.896. The van der Waals surface area contributed by atoms with Gasteiger partial charge in [0.15, 0.2) is 0 Å². The van der Waals surface area contributed by atoms with Crippen molar-refractivity contribution in [3.8, 4) is 0 Å². The Bertz CT molecular complexity index is 149. The van der Waals surface area contributed by atoms with Gasteiger partial charge >= 0.3 is 0 Å². The Morgan fingerprint density at radius 2 is 1.78 bits per heavy atom. The van der Waals surface area contributed by atoms with Crippen molar-refractivity contribution >= 4 is 0 Å². The summed E-state index contributed by atoms with van der Waals surface area (Å²) in [7, 11) is 0. The van der Waals surface area contributed by atoms with Crippen molar-refractivity contribution in [2.75, 3.05) is 0 Å². The van der Waals surface area contributed by atoms with E-state index in [0.29, 0.717) is 0 Å². The lowest BCUT2D eigenvalue weighted by molar-refractivity contribution is 0.486. The first-order chi connectivity index (χ1) is 4.22. The van der Waals surface area contributed by atoms with E-state index in [-0.39, 0.29) is 0 Å². The van der Waals surface area contributed by atoms with Gasteiger partial charge in [-0.2, -0.15) is 0 Å². The quantitative estimate of drug-likeness (QED) is 0.528. The summed E-state index contributed by atoms with van der Waals surface area (Å²) < 4.78 is 0. The highest BCUT2D eigenvalue weighted by Crippen LogP contribution is 2.24. The normalized spacial score (nSPS) is 19.3. The van der Waals surface area contributed by atoms with E-state index in [1.54, 1.807) is 0 Å². The van der Waals surface area contributed by atoms with Gasteiger partial charge in [0.1, 0.15) is 0 Å². The third kappa shape index (κ3) is 1.24. The standard InChI is InChI=1S/C9H14/c1-7(2)8(3)9-5-4-6-9/h4-8H,1-3H3. The highest BCUT2D eigenvalue weighted by Gasteiger charge is 2.11. The second kappa shape index (κ2) is 2.38. The lowest BCUT2D eigenvalue weighted by Crippen LogP contribution is -2.07. The smallest absolute Gasteiger partial charge is 0.0167 e. The van der Waals surface area contributed by atoms with E-state index >= 15 is 0 Å². The van der Waals surface area contributed by atoms with Crippen molar-refractivity contribution in [3.63, 3.8) is 0 Å². The molecule has 0 fully saturated rings. The lowest BCUT2D eigenvalue weighted by atomic mass is 9.86. The van der Waals surface area contributed by atoms with Crippen LogP contribution < -0.4 is 0 Å². The van der Waals surface area contributed by atoms with E-state index in [0.717, 1.165) is 11.8 Å². The summed E-state index contributed by atoms with van der Waals surface area (Å²) in [6.07, 6.45) is 6.50. The first-order valence-corrected chi connectivity index (χ1v) is 3.60. The minimum atomic E-state index is 0.745. The summed E-state index contributed by atoms with van der Waals surface area (Å²) >= 11 is 0. The molecule has 0 amide bonds. The zero-order valence-electron chi connectivity index (χ0n) is 6.39. The van der Waals surface area contributed by atoms with Crippen LogP contribution in [0.2, 0.25) is 0 Å². The number of hydrogen-bond acceptors (Lipinski definition) is 0. The fraction of sp³-hybridized carbons (Fsp3) is 0.556. The van der Waals surface area contributed by atoms with E-state index in [2.05, 4.69) is 39.0 Å². The van der Waals surface area contributed by atoms with Crippen LogP contribution in [-0.2, 0) is 0 Å². The molecule has 0 radical (unpaired) electrons. The van der Waals surface area contributed by atoms with Gasteiger partial charge in [0.25, 0.3) is 0 Å². The Morgan fingerprint density at radius 1 is 1.22 bits per heavy atom. The summed E-state index contributed by atoms with van der Waals surface area (Å²) in [5.41, 5.74) is 1.50. The molecule has 0 bridgehead atoms. The molecule has 0 N–H and O–H groups in total. The number of allylic oxidation sites excluding steroid dienone is 4. The van der Waals surface area contributed by atoms with Gasteiger partial charge in [-0.05, 0) is 17.4 Å². The molecule has 0 saturated heterocycles. The third-order valence-corrected chi connectivity index (χ3v) is 2.10. The molecular weight excluding hydrogens is 108 g/mol. The average molecular weight is 122 g/mol. The number of hydrogen-bond donors (Lipinski definition) is 0. The largest absolute Gasteiger partial charge is 0.0622 e. The highest BCUT2D eigenvalue weighted by molar-refractivity contribution is 5.36. The molecule has 0 spiro atoms. The summed E-state index contributed by atoms with van der Waals surface area (Å²) in [6, 6.07) is 0. The van der Waals surface area contributed by atoms with E-state index in [1.165, 1.54) is 5.57 Å². The zero-order valence-corrected chi connectivity index (χ0v) is 6.39. The van der Waals surface area contributed by atoms with Gasteiger partial charge in [-0.25, -0.2) is 0 Å². The van der Waals surface area contributed by atoms with Crippen molar-refractivity contribution in [2.45, 2.75) is 20.8 Å². The second-order valence-electron chi connectivity index (χ2n) is 3.06. The highest BCUT2D eigenvalue weighted by atomic mass is 14.2. The molecule has 1 atom stereocenters. The Kier molecular flexibility index (Phi) is 1.75. The van der Waals surface area contributed by atoms with Gasteiger partial charge in [-0.3, -0.25) is 0 Å². The maximum absolute atomic E-state index is 2.28. The van der Waals surface area contributed by atoms with Crippen molar-refractivity contribution in [1.82, 2.24) is 0 Å². The molecular formula is C9H14. The maximum atomic E-state index is 2.28. The molecule has 0 nitrogen and oxygen atoms in total. The predicted molar refractivity (Wildman–Crippen MR) is 41.2 cm³/mol. The summed E-state index contributed by atoms with van der Waals surface area (Å²) in [5.74, 6) is 1.52. The Balaban J connectivity index is 2.43. The van der Waals surface area contributed by atoms with Crippen molar-refractivity contribution in [3.05, 3.63) is 23.8 Å². The van der Waals surface area contributed by atoms with Crippen molar-refractivity contribution < 1.29 is 0 Å². The second-order valence-corrected chi connectivity index (χ2v) is 3.06. The summed E-state index contributed by atoms with van der Waals surface area (Å²) in [4.78, 5) is 0. The monoisotopic (exact) mass is 122 g/mol. The minimum Gasteiger partial charge on any atom is -0.0622 e. The average Bonchev–Trinajstić information content (AvgIpc) is 1.60.